The van der Waals surface area contributed by atoms with E-state index in [-0.39, 0.29) is 17.9 Å². The Morgan fingerprint density at radius 3 is 2.63 bits per heavy atom. The molecule has 1 saturated carbocycles. The Balaban J connectivity index is 1.89. The average molecular weight is 260 g/mol. The van der Waals surface area contributed by atoms with E-state index in [9.17, 15) is 4.79 Å². The van der Waals surface area contributed by atoms with Crippen LogP contribution in [-0.2, 0) is 4.79 Å². The normalized spacial score (nSPS) is 23.2. The summed E-state index contributed by atoms with van der Waals surface area (Å²) < 4.78 is 0. The van der Waals surface area contributed by atoms with Gasteiger partial charge in [0.1, 0.15) is 0 Å². The Morgan fingerprint density at radius 2 is 2.05 bits per heavy atom. The molecule has 104 valence electrons. The van der Waals surface area contributed by atoms with Crippen LogP contribution in [-0.4, -0.2) is 18.5 Å². The van der Waals surface area contributed by atoms with E-state index in [2.05, 4.69) is 31.3 Å². The fourth-order valence-electron chi connectivity index (χ4n) is 2.59. The van der Waals surface area contributed by atoms with Gasteiger partial charge in [-0.15, -0.1) is 0 Å². The number of nitrogens with two attached hydrogens (primary N) is 1. The predicted molar refractivity (Wildman–Crippen MR) is 77.7 cm³/mol. The third kappa shape index (κ3) is 3.57. The Kier molecular flexibility index (Phi) is 4.59. The van der Waals surface area contributed by atoms with Crippen LogP contribution in [0, 0.1) is 11.8 Å². The van der Waals surface area contributed by atoms with E-state index in [1.54, 1.807) is 0 Å². The number of hydrogen-bond acceptors (Lipinski definition) is 2. The van der Waals surface area contributed by atoms with E-state index >= 15 is 0 Å². The minimum Gasteiger partial charge on any atom is -0.353 e. The average Bonchev–Trinajstić information content (AvgIpc) is 3.19. The first-order valence-corrected chi connectivity index (χ1v) is 7.19. The van der Waals surface area contributed by atoms with Crippen LogP contribution in [0.4, 0.5) is 0 Å². The van der Waals surface area contributed by atoms with Crippen LogP contribution >= 0.6 is 0 Å². The van der Waals surface area contributed by atoms with Gasteiger partial charge in [-0.05, 0) is 36.8 Å². The molecule has 0 spiro atoms. The predicted octanol–water partition coefficient (Wildman–Crippen LogP) is 2.28. The van der Waals surface area contributed by atoms with Crippen molar-refractivity contribution in [1.29, 1.82) is 0 Å². The SMILES string of the molecule is CC(C)C(CCN)NC(=O)C1CC1c1ccccc1. The zero-order valence-electron chi connectivity index (χ0n) is 11.8. The summed E-state index contributed by atoms with van der Waals surface area (Å²) in [6, 6.07) is 10.5. The molecule has 2 rings (SSSR count). The molecule has 0 saturated heterocycles. The summed E-state index contributed by atoms with van der Waals surface area (Å²) >= 11 is 0. The van der Waals surface area contributed by atoms with Crippen molar-refractivity contribution < 1.29 is 4.79 Å². The van der Waals surface area contributed by atoms with Gasteiger partial charge in [-0.2, -0.15) is 0 Å². The third-order valence-corrected chi connectivity index (χ3v) is 3.96. The lowest BCUT2D eigenvalue weighted by atomic mass is 10.0. The van der Waals surface area contributed by atoms with E-state index in [1.807, 2.05) is 18.2 Å². The lowest BCUT2D eigenvalue weighted by molar-refractivity contribution is -0.123. The standard InChI is InChI=1S/C16H24N2O/c1-11(2)15(8-9-17)18-16(19)14-10-13(14)12-6-4-3-5-7-12/h3-7,11,13-15H,8-10,17H2,1-2H3,(H,18,19). The molecule has 1 fully saturated rings. The number of nitrogens with one attached hydrogen (secondary N) is 1. The van der Waals surface area contributed by atoms with Crippen molar-refractivity contribution in [3.8, 4) is 0 Å². The summed E-state index contributed by atoms with van der Waals surface area (Å²) in [5, 5.41) is 3.16. The van der Waals surface area contributed by atoms with E-state index in [4.69, 9.17) is 5.73 Å². The van der Waals surface area contributed by atoms with Gasteiger partial charge in [0.25, 0.3) is 0 Å². The van der Waals surface area contributed by atoms with Crippen LogP contribution in [0.1, 0.15) is 38.2 Å². The fourth-order valence-corrected chi connectivity index (χ4v) is 2.59. The first-order chi connectivity index (χ1) is 9.13. The van der Waals surface area contributed by atoms with Gasteiger partial charge in [0.05, 0.1) is 0 Å². The van der Waals surface area contributed by atoms with Crippen molar-refractivity contribution in [2.75, 3.05) is 6.54 Å². The minimum atomic E-state index is 0.154. The zero-order chi connectivity index (χ0) is 13.8. The molecule has 1 aromatic carbocycles. The molecule has 0 heterocycles. The molecule has 1 aromatic rings. The highest BCUT2D eigenvalue weighted by Gasteiger charge is 2.44. The van der Waals surface area contributed by atoms with Gasteiger partial charge in [0.15, 0.2) is 0 Å². The Hall–Kier alpha value is -1.35. The van der Waals surface area contributed by atoms with E-state index in [0.717, 1.165) is 12.8 Å². The zero-order valence-corrected chi connectivity index (χ0v) is 11.8. The molecule has 1 amide bonds. The molecule has 1 aliphatic carbocycles. The molecule has 0 aromatic heterocycles. The van der Waals surface area contributed by atoms with Gasteiger partial charge in [0, 0.05) is 12.0 Å². The van der Waals surface area contributed by atoms with Gasteiger partial charge in [-0.3, -0.25) is 4.79 Å². The van der Waals surface area contributed by atoms with Crippen molar-refractivity contribution in [2.45, 2.75) is 38.6 Å². The number of amides is 1. The lowest BCUT2D eigenvalue weighted by Gasteiger charge is -2.21. The first kappa shape index (κ1) is 14.1. The monoisotopic (exact) mass is 260 g/mol. The Labute approximate surface area is 115 Å². The largest absolute Gasteiger partial charge is 0.353 e. The Morgan fingerprint density at radius 1 is 1.37 bits per heavy atom. The molecule has 3 N–H and O–H groups in total. The van der Waals surface area contributed by atoms with Gasteiger partial charge in [-0.1, -0.05) is 44.2 Å². The topological polar surface area (TPSA) is 55.1 Å². The van der Waals surface area contributed by atoms with Gasteiger partial charge in [0.2, 0.25) is 5.91 Å². The van der Waals surface area contributed by atoms with E-state index < -0.39 is 0 Å². The molecular weight excluding hydrogens is 236 g/mol. The molecule has 1 aliphatic rings. The summed E-state index contributed by atoms with van der Waals surface area (Å²) in [6.45, 7) is 4.88. The molecule has 3 nitrogen and oxygen atoms in total. The number of benzene rings is 1. The van der Waals surface area contributed by atoms with Gasteiger partial charge in [-0.25, -0.2) is 0 Å². The molecular formula is C16H24N2O. The summed E-state index contributed by atoms with van der Waals surface area (Å²) in [5.41, 5.74) is 6.88. The van der Waals surface area contributed by atoms with Crippen molar-refractivity contribution in [3.05, 3.63) is 35.9 Å². The Bertz CT molecular complexity index is 416. The third-order valence-electron chi connectivity index (χ3n) is 3.96. The van der Waals surface area contributed by atoms with Crippen molar-refractivity contribution in [2.24, 2.45) is 17.6 Å². The second-order valence-electron chi connectivity index (χ2n) is 5.80. The number of hydrogen-bond donors (Lipinski definition) is 2. The number of rotatable bonds is 6. The summed E-state index contributed by atoms with van der Waals surface area (Å²) in [6.07, 6.45) is 1.83. The van der Waals surface area contributed by atoms with Crippen LogP contribution in [0.25, 0.3) is 0 Å². The fraction of sp³-hybridized carbons (Fsp3) is 0.562. The second kappa shape index (κ2) is 6.20. The minimum absolute atomic E-state index is 0.154. The van der Waals surface area contributed by atoms with Crippen LogP contribution in [0.2, 0.25) is 0 Å². The maximum Gasteiger partial charge on any atom is 0.223 e. The van der Waals surface area contributed by atoms with Gasteiger partial charge < -0.3 is 11.1 Å². The molecule has 3 heteroatoms. The molecule has 0 radical (unpaired) electrons. The van der Waals surface area contributed by atoms with Crippen LogP contribution in [0.15, 0.2) is 30.3 Å². The molecule has 0 bridgehead atoms. The van der Waals surface area contributed by atoms with Crippen LogP contribution in [0.3, 0.4) is 0 Å². The molecule has 3 atom stereocenters. The van der Waals surface area contributed by atoms with E-state index in [0.29, 0.717) is 18.4 Å². The molecule has 0 aliphatic heterocycles. The van der Waals surface area contributed by atoms with E-state index in [1.165, 1.54) is 5.56 Å². The van der Waals surface area contributed by atoms with Gasteiger partial charge >= 0.3 is 0 Å². The van der Waals surface area contributed by atoms with Crippen LogP contribution < -0.4 is 11.1 Å². The summed E-state index contributed by atoms with van der Waals surface area (Å²) in [5.74, 6) is 1.19. The summed E-state index contributed by atoms with van der Waals surface area (Å²) in [7, 11) is 0. The summed E-state index contributed by atoms with van der Waals surface area (Å²) in [4.78, 5) is 12.2. The van der Waals surface area contributed by atoms with Crippen molar-refractivity contribution in [1.82, 2.24) is 5.32 Å². The maximum absolute atomic E-state index is 12.2. The highest BCUT2D eigenvalue weighted by Crippen LogP contribution is 2.47. The lowest BCUT2D eigenvalue weighted by Crippen LogP contribution is -2.40. The number of carbonyl (C=O) groups excluding carboxylic acids is 1. The quantitative estimate of drug-likeness (QED) is 0.824. The maximum atomic E-state index is 12.2. The highest BCUT2D eigenvalue weighted by molar-refractivity contribution is 5.83. The van der Waals surface area contributed by atoms with Crippen molar-refractivity contribution in [3.63, 3.8) is 0 Å². The molecule has 19 heavy (non-hydrogen) atoms. The van der Waals surface area contributed by atoms with Crippen molar-refractivity contribution >= 4 is 5.91 Å². The van der Waals surface area contributed by atoms with Crippen LogP contribution in [0.5, 0.6) is 0 Å². The number of carbonyl (C=O) groups is 1. The molecule has 3 unspecified atom stereocenters. The smallest absolute Gasteiger partial charge is 0.223 e. The highest BCUT2D eigenvalue weighted by atomic mass is 16.2. The second-order valence-corrected chi connectivity index (χ2v) is 5.80. The first-order valence-electron chi connectivity index (χ1n) is 7.19.